The lowest BCUT2D eigenvalue weighted by Crippen LogP contribution is -2.46. The van der Waals surface area contributed by atoms with Crippen LogP contribution in [0.25, 0.3) is 5.69 Å². The summed E-state index contributed by atoms with van der Waals surface area (Å²) in [7, 11) is 0. The van der Waals surface area contributed by atoms with Crippen molar-refractivity contribution in [2.45, 2.75) is 0 Å². The van der Waals surface area contributed by atoms with Gasteiger partial charge in [-0.05, 0) is 18.2 Å². The number of halogens is 2. The maximum Gasteiger partial charge on any atom is 0.254 e. The molecular formula is C16H21BrClN5O. The van der Waals surface area contributed by atoms with Gasteiger partial charge in [-0.2, -0.15) is 5.10 Å². The summed E-state index contributed by atoms with van der Waals surface area (Å²) in [6, 6.07) is 7.80. The number of aromatic nitrogens is 2. The van der Waals surface area contributed by atoms with Gasteiger partial charge in [0.05, 0.1) is 17.4 Å². The van der Waals surface area contributed by atoms with Crippen LogP contribution >= 0.6 is 28.3 Å². The number of piperazine rings is 1. The first kappa shape index (κ1) is 18.9. The molecular weight excluding hydrogens is 394 g/mol. The van der Waals surface area contributed by atoms with Gasteiger partial charge in [-0.1, -0.05) is 22.0 Å². The molecule has 3 rings (SSSR count). The van der Waals surface area contributed by atoms with Gasteiger partial charge >= 0.3 is 0 Å². The summed E-state index contributed by atoms with van der Waals surface area (Å²) in [5.41, 5.74) is 1.49. The van der Waals surface area contributed by atoms with Crippen molar-refractivity contribution in [2.75, 3.05) is 39.3 Å². The first-order valence-corrected chi connectivity index (χ1v) is 8.53. The van der Waals surface area contributed by atoms with Crippen LogP contribution in [0.15, 0.2) is 41.1 Å². The van der Waals surface area contributed by atoms with Crippen LogP contribution in [0.3, 0.4) is 0 Å². The Balaban J connectivity index is 0.00000208. The van der Waals surface area contributed by atoms with E-state index in [0.29, 0.717) is 12.1 Å². The quantitative estimate of drug-likeness (QED) is 0.782. The van der Waals surface area contributed by atoms with E-state index >= 15 is 0 Å². The van der Waals surface area contributed by atoms with E-state index in [1.165, 1.54) is 0 Å². The number of hydrogen-bond donors (Lipinski definition) is 2. The molecule has 2 N–H and O–H groups in total. The normalized spacial score (nSPS) is 14.9. The lowest BCUT2D eigenvalue weighted by molar-refractivity contribution is 0.0947. The van der Waals surface area contributed by atoms with Crippen molar-refractivity contribution in [2.24, 2.45) is 0 Å². The molecule has 0 unspecified atom stereocenters. The molecule has 8 heteroatoms. The first-order valence-electron chi connectivity index (χ1n) is 7.74. The van der Waals surface area contributed by atoms with E-state index in [2.05, 4.69) is 36.6 Å². The predicted molar refractivity (Wildman–Crippen MR) is 100 cm³/mol. The topological polar surface area (TPSA) is 62.2 Å². The number of amides is 1. The van der Waals surface area contributed by atoms with E-state index < -0.39 is 0 Å². The fraction of sp³-hybridized carbons (Fsp3) is 0.375. The monoisotopic (exact) mass is 413 g/mol. The molecule has 0 radical (unpaired) electrons. The molecule has 1 saturated heterocycles. The summed E-state index contributed by atoms with van der Waals surface area (Å²) in [4.78, 5) is 14.5. The summed E-state index contributed by atoms with van der Waals surface area (Å²) in [6.07, 6.45) is 3.35. The number of rotatable bonds is 5. The number of benzene rings is 1. The van der Waals surface area contributed by atoms with E-state index in [4.69, 9.17) is 0 Å². The molecule has 0 aliphatic carbocycles. The largest absolute Gasteiger partial charge is 0.351 e. The van der Waals surface area contributed by atoms with Crippen molar-refractivity contribution in [3.63, 3.8) is 0 Å². The molecule has 0 atom stereocenters. The Kier molecular flexibility index (Phi) is 7.23. The Hall–Kier alpha value is -1.41. The Labute approximate surface area is 156 Å². The lowest BCUT2D eigenvalue weighted by Gasteiger charge is -2.26. The highest BCUT2D eigenvalue weighted by Crippen LogP contribution is 2.15. The molecule has 2 aromatic rings. The zero-order chi connectivity index (χ0) is 16.1. The minimum atomic E-state index is -0.0821. The van der Waals surface area contributed by atoms with Gasteiger partial charge in [0.2, 0.25) is 0 Å². The van der Waals surface area contributed by atoms with Crippen molar-refractivity contribution in [1.82, 2.24) is 25.3 Å². The van der Waals surface area contributed by atoms with Crippen molar-refractivity contribution in [3.05, 3.63) is 46.7 Å². The molecule has 6 nitrogen and oxygen atoms in total. The van der Waals surface area contributed by atoms with E-state index in [9.17, 15) is 4.79 Å². The second-order valence-corrected chi connectivity index (χ2v) is 6.42. The van der Waals surface area contributed by atoms with Crippen LogP contribution in [0.5, 0.6) is 0 Å². The van der Waals surface area contributed by atoms with Gasteiger partial charge in [0.25, 0.3) is 5.91 Å². The molecule has 24 heavy (non-hydrogen) atoms. The highest BCUT2D eigenvalue weighted by molar-refractivity contribution is 9.10. The predicted octanol–water partition coefficient (Wildman–Crippen LogP) is 1.69. The summed E-state index contributed by atoms with van der Waals surface area (Å²) in [5.74, 6) is -0.0821. The van der Waals surface area contributed by atoms with Gasteiger partial charge < -0.3 is 10.6 Å². The molecule has 0 spiro atoms. The van der Waals surface area contributed by atoms with Crippen molar-refractivity contribution in [3.8, 4) is 5.69 Å². The van der Waals surface area contributed by atoms with E-state index in [1.807, 2.05) is 24.3 Å². The summed E-state index contributed by atoms with van der Waals surface area (Å²) in [5, 5.41) is 10.5. The molecule has 1 aliphatic heterocycles. The van der Waals surface area contributed by atoms with Gasteiger partial charge in [-0.25, -0.2) is 4.68 Å². The average molecular weight is 415 g/mol. The standard InChI is InChI=1S/C16H20BrN5O.ClH/c17-14-2-1-3-15(10-14)22-12-13(11-20-22)16(23)19-6-9-21-7-4-18-5-8-21;/h1-3,10-12,18H,4-9H2,(H,19,23);1H. The SMILES string of the molecule is Cl.O=C(NCCN1CCNCC1)c1cnn(-c2cccc(Br)c2)c1. The van der Waals surface area contributed by atoms with Gasteiger partial charge in [0.15, 0.2) is 0 Å². The number of nitrogens with one attached hydrogen (secondary N) is 2. The molecule has 1 aromatic heterocycles. The molecule has 2 heterocycles. The zero-order valence-electron chi connectivity index (χ0n) is 13.2. The summed E-state index contributed by atoms with van der Waals surface area (Å²) >= 11 is 3.44. The molecule has 1 fully saturated rings. The lowest BCUT2D eigenvalue weighted by atomic mass is 10.3. The van der Waals surface area contributed by atoms with E-state index in [-0.39, 0.29) is 18.3 Å². The van der Waals surface area contributed by atoms with Crippen molar-refractivity contribution in [1.29, 1.82) is 0 Å². The third-order valence-electron chi connectivity index (χ3n) is 3.84. The maximum absolute atomic E-state index is 12.2. The molecule has 1 aliphatic rings. The number of hydrogen-bond acceptors (Lipinski definition) is 4. The van der Waals surface area contributed by atoms with Crippen LogP contribution < -0.4 is 10.6 Å². The van der Waals surface area contributed by atoms with Gasteiger partial charge in [-0.3, -0.25) is 9.69 Å². The number of carbonyl (C=O) groups excluding carboxylic acids is 1. The second-order valence-electron chi connectivity index (χ2n) is 5.50. The van der Waals surface area contributed by atoms with Crippen molar-refractivity contribution < 1.29 is 4.79 Å². The molecule has 130 valence electrons. The van der Waals surface area contributed by atoms with Crippen LogP contribution in [0.1, 0.15) is 10.4 Å². The van der Waals surface area contributed by atoms with Crippen LogP contribution in [0.4, 0.5) is 0 Å². The number of carbonyl (C=O) groups is 1. The highest BCUT2D eigenvalue weighted by atomic mass is 79.9. The Morgan fingerprint density at radius 2 is 2.12 bits per heavy atom. The minimum Gasteiger partial charge on any atom is -0.351 e. The Morgan fingerprint density at radius 3 is 2.88 bits per heavy atom. The van der Waals surface area contributed by atoms with E-state index in [1.54, 1.807) is 17.1 Å². The van der Waals surface area contributed by atoms with Gasteiger partial charge in [0.1, 0.15) is 0 Å². The fourth-order valence-electron chi connectivity index (χ4n) is 2.56. The van der Waals surface area contributed by atoms with Gasteiger partial charge in [-0.15, -0.1) is 12.4 Å². The molecule has 0 bridgehead atoms. The van der Waals surface area contributed by atoms with Crippen molar-refractivity contribution >= 4 is 34.2 Å². The third-order valence-corrected chi connectivity index (χ3v) is 4.33. The second kappa shape index (κ2) is 9.17. The van der Waals surface area contributed by atoms with Crippen LogP contribution in [0.2, 0.25) is 0 Å². The highest BCUT2D eigenvalue weighted by Gasteiger charge is 2.12. The smallest absolute Gasteiger partial charge is 0.254 e. The minimum absolute atomic E-state index is 0. The van der Waals surface area contributed by atoms with Gasteiger partial charge in [0, 0.05) is 49.9 Å². The van der Waals surface area contributed by atoms with Crippen LogP contribution in [-0.4, -0.2) is 59.9 Å². The number of nitrogens with zero attached hydrogens (tertiary/aromatic N) is 3. The molecule has 1 amide bonds. The van der Waals surface area contributed by atoms with E-state index in [0.717, 1.165) is 42.9 Å². The first-order chi connectivity index (χ1) is 11.2. The fourth-order valence-corrected chi connectivity index (χ4v) is 2.95. The molecule has 1 aromatic carbocycles. The van der Waals surface area contributed by atoms with Crippen LogP contribution in [0, 0.1) is 0 Å². The Bertz CT molecular complexity index is 672. The summed E-state index contributed by atoms with van der Waals surface area (Å²) in [6.45, 7) is 5.65. The van der Waals surface area contributed by atoms with Crippen LogP contribution in [-0.2, 0) is 0 Å². The molecule has 0 saturated carbocycles. The maximum atomic E-state index is 12.2. The Morgan fingerprint density at radius 1 is 1.33 bits per heavy atom. The summed E-state index contributed by atoms with van der Waals surface area (Å²) < 4.78 is 2.68. The third kappa shape index (κ3) is 5.04. The average Bonchev–Trinajstić information content (AvgIpc) is 3.06. The zero-order valence-corrected chi connectivity index (χ0v) is 15.6.